The van der Waals surface area contributed by atoms with Gasteiger partial charge in [0.1, 0.15) is 6.04 Å². The summed E-state index contributed by atoms with van der Waals surface area (Å²) in [4.78, 5) is 26.5. The van der Waals surface area contributed by atoms with Crippen molar-refractivity contribution in [1.29, 1.82) is 0 Å². The smallest absolute Gasteiger partial charge is 0.326 e. The number of amides is 1. The Morgan fingerprint density at radius 1 is 1.12 bits per heavy atom. The molecule has 0 fully saturated rings. The molecule has 0 bridgehead atoms. The lowest BCUT2D eigenvalue weighted by Crippen LogP contribution is -2.53. The molecule has 0 saturated carbocycles. The minimum Gasteiger partial charge on any atom is -0.480 e. The Morgan fingerprint density at radius 3 is 2.35 bits per heavy atom. The maximum atomic E-state index is 13.6. The Morgan fingerprint density at radius 2 is 1.76 bits per heavy atom. The number of aryl methyl sites for hydroxylation is 1. The normalized spacial score (nSPS) is 19.9. The average molecular weight is 481 g/mol. The van der Waals surface area contributed by atoms with Crippen LogP contribution < -0.4 is 5.32 Å². The van der Waals surface area contributed by atoms with Crippen molar-refractivity contribution in [2.75, 3.05) is 7.05 Å². The highest BCUT2D eigenvalue weighted by molar-refractivity contribution is 6.31. The van der Waals surface area contributed by atoms with Crippen LogP contribution in [0.3, 0.4) is 0 Å². The van der Waals surface area contributed by atoms with Crippen LogP contribution in [0.5, 0.6) is 0 Å². The van der Waals surface area contributed by atoms with E-state index >= 15 is 0 Å². The zero-order chi connectivity index (χ0) is 25.2. The van der Waals surface area contributed by atoms with E-state index in [1.54, 1.807) is 7.05 Å². The third kappa shape index (κ3) is 5.26. The second-order valence-corrected chi connectivity index (χ2v) is 9.81. The van der Waals surface area contributed by atoms with E-state index in [2.05, 4.69) is 30.4 Å². The fourth-order valence-corrected chi connectivity index (χ4v) is 4.79. The first-order valence-electron chi connectivity index (χ1n) is 11.5. The first-order chi connectivity index (χ1) is 15.9. The number of hydrogen-bond donors (Lipinski definition) is 2. The lowest BCUT2D eigenvalue weighted by Gasteiger charge is -2.41. The molecule has 0 saturated heterocycles. The summed E-state index contributed by atoms with van der Waals surface area (Å²) in [7, 11) is 1.55. The van der Waals surface area contributed by atoms with Gasteiger partial charge in [-0.1, -0.05) is 60.1 Å². The van der Waals surface area contributed by atoms with E-state index in [9.17, 15) is 14.7 Å². The molecular formula is C28H33ClN2O3. The Labute approximate surface area is 207 Å². The number of benzene rings is 2. The fourth-order valence-electron chi connectivity index (χ4n) is 4.67. The number of carbonyl (C=O) groups is 2. The van der Waals surface area contributed by atoms with Gasteiger partial charge in [-0.2, -0.15) is 0 Å². The molecule has 0 aromatic heterocycles. The molecular weight excluding hydrogens is 448 g/mol. The molecule has 180 valence electrons. The standard InChI is InChI=1S/C28H33ClN2O3/c1-17-14-22(12-13-24(17)29)19(3)30-28(5)16-23(21-10-8-7-9-11-21)15-18(2)25(28)26(32)31(6)20(4)27(33)34/h7-15,19-20,30H,16H2,1-6H3,(H,33,34)/t19-,20+,28?/m1/s1. The molecule has 0 heterocycles. The number of aliphatic carboxylic acids is 1. The summed E-state index contributed by atoms with van der Waals surface area (Å²) < 4.78 is 0. The van der Waals surface area contributed by atoms with Crippen molar-refractivity contribution < 1.29 is 14.7 Å². The lowest BCUT2D eigenvalue weighted by molar-refractivity contribution is -0.147. The van der Waals surface area contributed by atoms with Gasteiger partial charge in [0, 0.05) is 23.7 Å². The van der Waals surface area contributed by atoms with Crippen LogP contribution in [0.25, 0.3) is 5.57 Å². The zero-order valence-corrected chi connectivity index (χ0v) is 21.4. The SMILES string of the molecule is CC1=C(C(=O)N(C)[C@@H](C)C(=O)O)C(C)(N[C@H](C)c2ccc(Cl)c(C)c2)CC(c2ccccc2)=C1. The molecule has 2 aromatic rings. The lowest BCUT2D eigenvalue weighted by atomic mass is 9.75. The number of hydrogen-bond acceptors (Lipinski definition) is 3. The fraction of sp³-hybridized carbons (Fsp3) is 0.357. The van der Waals surface area contributed by atoms with E-state index in [-0.39, 0.29) is 11.9 Å². The zero-order valence-electron chi connectivity index (χ0n) is 20.6. The van der Waals surface area contributed by atoms with E-state index in [0.717, 1.165) is 27.8 Å². The van der Waals surface area contributed by atoms with Gasteiger partial charge in [0.05, 0.1) is 5.54 Å². The Balaban J connectivity index is 2.06. The topological polar surface area (TPSA) is 69.6 Å². The van der Waals surface area contributed by atoms with Crippen LogP contribution in [0.1, 0.15) is 56.8 Å². The molecule has 34 heavy (non-hydrogen) atoms. The number of nitrogens with zero attached hydrogens (tertiary/aromatic N) is 1. The van der Waals surface area contributed by atoms with E-state index in [4.69, 9.17) is 11.6 Å². The molecule has 0 radical (unpaired) electrons. The summed E-state index contributed by atoms with van der Waals surface area (Å²) in [6.07, 6.45) is 2.63. The Hall–Kier alpha value is -2.89. The van der Waals surface area contributed by atoms with E-state index in [1.165, 1.54) is 11.8 Å². The highest BCUT2D eigenvalue weighted by Crippen LogP contribution is 2.40. The van der Waals surface area contributed by atoms with Crippen molar-refractivity contribution >= 4 is 29.1 Å². The molecule has 1 unspecified atom stereocenters. The molecule has 2 aromatic carbocycles. The highest BCUT2D eigenvalue weighted by atomic mass is 35.5. The van der Waals surface area contributed by atoms with Gasteiger partial charge < -0.3 is 15.3 Å². The monoisotopic (exact) mass is 480 g/mol. The van der Waals surface area contributed by atoms with Crippen LogP contribution >= 0.6 is 11.6 Å². The molecule has 0 spiro atoms. The van der Waals surface area contributed by atoms with Crippen molar-refractivity contribution in [2.45, 2.75) is 58.7 Å². The predicted molar refractivity (Wildman–Crippen MR) is 138 cm³/mol. The van der Waals surface area contributed by atoms with Gasteiger partial charge in [-0.15, -0.1) is 0 Å². The minimum atomic E-state index is -1.04. The van der Waals surface area contributed by atoms with Crippen LogP contribution in [-0.4, -0.2) is 40.5 Å². The van der Waals surface area contributed by atoms with Crippen LogP contribution in [-0.2, 0) is 9.59 Å². The number of carboxylic acids is 1. The molecule has 1 aliphatic carbocycles. The molecule has 6 heteroatoms. The third-order valence-electron chi connectivity index (χ3n) is 6.72. The van der Waals surface area contributed by atoms with Gasteiger partial charge >= 0.3 is 5.97 Å². The van der Waals surface area contributed by atoms with Crippen LogP contribution in [0, 0.1) is 6.92 Å². The number of halogens is 1. The van der Waals surface area contributed by atoms with Gasteiger partial charge in [-0.05, 0) is 74.9 Å². The number of rotatable bonds is 7. The largest absolute Gasteiger partial charge is 0.480 e. The second-order valence-electron chi connectivity index (χ2n) is 9.41. The summed E-state index contributed by atoms with van der Waals surface area (Å²) in [5.74, 6) is -1.32. The maximum absolute atomic E-state index is 13.6. The van der Waals surface area contributed by atoms with Crippen molar-refractivity contribution in [3.8, 4) is 0 Å². The average Bonchev–Trinajstić information content (AvgIpc) is 2.79. The minimum absolute atomic E-state index is 0.0751. The highest BCUT2D eigenvalue weighted by Gasteiger charge is 2.41. The van der Waals surface area contributed by atoms with Crippen molar-refractivity contribution in [3.05, 3.63) is 87.5 Å². The van der Waals surface area contributed by atoms with E-state index < -0.39 is 17.6 Å². The number of carboxylic acid groups (broad SMARTS) is 1. The molecule has 3 atom stereocenters. The predicted octanol–water partition coefficient (Wildman–Crippen LogP) is 5.79. The molecule has 2 N–H and O–H groups in total. The van der Waals surface area contributed by atoms with Crippen LogP contribution in [0.4, 0.5) is 0 Å². The molecule has 3 rings (SSSR count). The van der Waals surface area contributed by atoms with Gasteiger partial charge in [0.15, 0.2) is 0 Å². The van der Waals surface area contributed by atoms with E-state index in [1.807, 2.05) is 57.2 Å². The van der Waals surface area contributed by atoms with Gasteiger partial charge in [0.25, 0.3) is 5.91 Å². The summed E-state index contributed by atoms with van der Waals surface area (Å²) in [5.41, 5.74) is 4.97. The number of likely N-dealkylation sites (N-methyl/N-ethyl adjacent to an activating group) is 1. The molecule has 1 aliphatic rings. The number of carbonyl (C=O) groups excluding carboxylic acids is 1. The summed E-state index contributed by atoms with van der Waals surface area (Å²) >= 11 is 6.23. The second kappa shape index (κ2) is 10.2. The quantitative estimate of drug-likeness (QED) is 0.526. The first kappa shape index (κ1) is 25.7. The summed E-state index contributed by atoms with van der Waals surface area (Å²) in [6, 6.07) is 15.0. The maximum Gasteiger partial charge on any atom is 0.326 e. The van der Waals surface area contributed by atoms with Gasteiger partial charge in [-0.25, -0.2) is 4.79 Å². The number of nitrogens with one attached hydrogen (secondary N) is 1. The Kier molecular flexibility index (Phi) is 7.69. The summed E-state index contributed by atoms with van der Waals surface area (Å²) in [6.45, 7) is 9.51. The summed E-state index contributed by atoms with van der Waals surface area (Å²) in [5, 5.41) is 13.9. The van der Waals surface area contributed by atoms with Crippen LogP contribution in [0.2, 0.25) is 5.02 Å². The molecule has 0 aliphatic heterocycles. The number of allylic oxidation sites excluding steroid dienone is 2. The van der Waals surface area contributed by atoms with Gasteiger partial charge in [-0.3, -0.25) is 4.79 Å². The third-order valence-corrected chi connectivity index (χ3v) is 7.14. The van der Waals surface area contributed by atoms with Crippen molar-refractivity contribution in [3.63, 3.8) is 0 Å². The van der Waals surface area contributed by atoms with Crippen molar-refractivity contribution in [1.82, 2.24) is 10.2 Å². The Bertz CT molecular complexity index is 1160. The van der Waals surface area contributed by atoms with Crippen molar-refractivity contribution in [2.24, 2.45) is 0 Å². The van der Waals surface area contributed by atoms with Crippen LogP contribution in [0.15, 0.2) is 65.8 Å². The first-order valence-corrected chi connectivity index (χ1v) is 11.8. The van der Waals surface area contributed by atoms with E-state index in [0.29, 0.717) is 17.0 Å². The molecule has 5 nitrogen and oxygen atoms in total. The van der Waals surface area contributed by atoms with Gasteiger partial charge in [0.2, 0.25) is 0 Å². The molecule has 1 amide bonds.